The molecule has 3 saturated heterocycles. The summed E-state index contributed by atoms with van der Waals surface area (Å²) in [4.78, 5) is 35.6. The van der Waals surface area contributed by atoms with E-state index in [1.165, 1.54) is 60.5 Å². The van der Waals surface area contributed by atoms with Crippen LogP contribution in [0.3, 0.4) is 0 Å². The minimum atomic E-state index is 0. The van der Waals surface area contributed by atoms with Crippen molar-refractivity contribution in [2.24, 2.45) is 0 Å². The number of halogens is 1. The van der Waals surface area contributed by atoms with Gasteiger partial charge in [0, 0.05) is 50.5 Å². The van der Waals surface area contributed by atoms with Crippen LogP contribution in [0.1, 0.15) is 58.8 Å². The summed E-state index contributed by atoms with van der Waals surface area (Å²) in [6, 6.07) is 15.3. The van der Waals surface area contributed by atoms with Crippen LogP contribution in [-0.2, 0) is 14.3 Å². The van der Waals surface area contributed by atoms with Gasteiger partial charge in [0.05, 0.1) is 20.0 Å². The molecule has 0 saturated carbocycles. The lowest BCUT2D eigenvalue weighted by atomic mass is 10.1. The van der Waals surface area contributed by atoms with E-state index in [1.807, 2.05) is 58.3 Å². The largest absolute Gasteiger partial charge is 0.497 e. The quantitative estimate of drug-likeness (QED) is 0.105. The van der Waals surface area contributed by atoms with E-state index in [0.29, 0.717) is 15.5 Å². The molecule has 0 radical (unpaired) electrons. The smallest absolute Gasteiger partial charge is 0.237 e. The van der Waals surface area contributed by atoms with Gasteiger partial charge >= 0.3 is 0 Å². The molecular formula is C37H51ClN6O5S4. The molecule has 2 amide bonds. The average Bonchev–Trinajstić information content (AvgIpc) is 4.03. The summed E-state index contributed by atoms with van der Waals surface area (Å²) >= 11 is 14.5. The van der Waals surface area contributed by atoms with Crippen LogP contribution in [0, 0.1) is 3.95 Å². The van der Waals surface area contributed by atoms with Crippen molar-refractivity contribution in [3.8, 4) is 34.3 Å². The van der Waals surface area contributed by atoms with E-state index in [9.17, 15) is 9.59 Å². The minimum absolute atomic E-state index is 0. The van der Waals surface area contributed by atoms with Crippen LogP contribution < -0.4 is 9.47 Å². The van der Waals surface area contributed by atoms with Crippen molar-refractivity contribution < 1.29 is 23.8 Å². The number of aromatic nitrogens is 4. The number of benzene rings is 2. The molecule has 4 aromatic rings. The Labute approximate surface area is 336 Å². The fourth-order valence-electron chi connectivity index (χ4n) is 5.32. The van der Waals surface area contributed by atoms with Gasteiger partial charge < -0.3 is 24.0 Å². The zero-order valence-corrected chi connectivity index (χ0v) is 33.7. The number of nitrogens with one attached hydrogen (secondary N) is 1. The Morgan fingerprint density at radius 3 is 1.79 bits per heavy atom. The first-order valence-electron chi connectivity index (χ1n) is 17.4. The first-order valence-corrected chi connectivity index (χ1v) is 20.9. The SMILES string of the molecule is C.C1CCOC1.COc1ccc(-c2nc(=S)s[nH]2)cc1.COc1ccc(-c2nsc(SCC(=O)N3CCCCC3)n2)cc1.O=C(CCl)N1CCCCC1. The van der Waals surface area contributed by atoms with Gasteiger partial charge in [-0.3, -0.25) is 14.0 Å². The van der Waals surface area contributed by atoms with E-state index in [0.717, 1.165) is 97.9 Å². The molecule has 1 N–H and O–H groups in total. The lowest BCUT2D eigenvalue weighted by Crippen LogP contribution is -2.36. The fourth-order valence-corrected chi connectivity index (χ4v) is 7.71. The summed E-state index contributed by atoms with van der Waals surface area (Å²) in [6.07, 6.45) is 9.57. The Morgan fingerprint density at radius 2 is 1.34 bits per heavy atom. The molecule has 11 nitrogen and oxygen atoms in total. The second kappa shape index (κ2) is 25.1. The third kappa shape index (κ3) is 15.7. The molecule has 0 unspecified atom stereocenters. The molecule has 53 heavy (non-hydrogen) atoms. The van der Waals surface area contributed by atoms with E-state index < -0.39 is 0 Å². The van der Waals surface area contributed by atoms with Gasteiger partial charge in [-0.2, -0.15) is 4.37 Å². The standard InChI is InChI=1S/C16H19N3O2S2.C9H8N2OS2.C7H12ClNO.C4H8O.CH4/c1-21-13-7-5-12(6-8-13)15-17-16(23-18-15)22-11-14(20)19-9-3-2-4-10-19;1-12-7-4-2-6(3-5-7)8-10-9(13)14-11-8;8-6-7(10)9-4-2-1-3-5-9;1-2-4-5-3-1;/h5-8H,2-4,9-11H2,1H3;2-5H,1H3,(H,10,11,13);1-6H2;1-4H2;1H4. The van der Waals surface area contributed by atoms with Gasteiger partial charge in [0.25, 0.3) is 0 Å². The summed E-state index contributed by atoms with van der Waals surface area (Å²) < 4.78 is 24.0. The Morgan fingerprint density at radius 1 is 0.811 bits per heavy atom. The van der Waals surface area contributed by atoms with Gasteiger partial charge in [-0.25, -0.2) is 9.97 Å². The van der Waals surface area contributed by atoms with Crippen molar-refractivity contribution in [2.45, 2.75) is 63.1 Å². The highest BCUT2D eigenvalue weighted by Gasteiger charge is 2.18. The number of rotatable bonds is 8. The van der Waals surface area contributed by atoms with Crippen LogP contribution in [0.25, 0.3) is 22.8 Å². The molecule has 3 aliphatic rings. The highest BCUT2D eigenvalue weighted by Crippen LogP contribution is 2.27. The number of carbonyl (C=O) groups is 2. The number of thioether (sulfide) groups is 1. The van der Waals surface area contributed by atoms with Gasteiger partial charge in [0.2, 0.25) is 11.8 Å². The first kappa shape index (κ1) is 44.3. The molecule has 0 spiro atoms. The maximum absolute atomic E-state index is 12.2. The molecule has 290 valence electrons. The van der Waals surface area contributed by atoms with Crippen LogP contribution in [0.2, 0.25) is 0 Å². The average molecular weight is 824 g/mol. The summed E-state index contributed by atoms with van der Waals surface area (Å²) in [7, 11) is 3.29. The molecule has 5 heterocycles. The number of methoxy groups -OCH3 is 2. The summed E-state index contributed by atoms with van der Waals surface area (Å²) in [5.41, 5.74) is 1.97. The van der Waals surface area contributed by atoms with E-state index in [1.54, 1.807) is 14.2 Å². The minimum Gasteiger partial charge on any atom is -0.497 e. The van der Waals surface area contributed by atoms with Crippen molar-refractivity contribution >= 4 is 70.5 Å². The number of alkyl halides is 1. The molecule has 2 aromatic heterocycles. The zero-order chi connectivity index (χ0) is 37.0. The number of piperidine rings is 2. The third-order valence-corrected chi connectivity index (χ3v) is 11.2. The maximum Gasteiger partial charge on any atom is 0.237 e. The topological polar surface area (TPSA) is 123 Å². The third-order valence-electron chi connectivity index (χ3n) is 8.24. The second-order valence-electron chi connectivity index (χ2n) is 11.9. The lowest BCUT2D eigenvalue weighted by Gasteiger charge is -2.26. The number of hydrogen-bond acceptors (Lipinski definition) is 12. The number of aromatic amines is 1. The predicted molar refractivity (Wildman–Crippen MR) is 220 cm³/mol. The molecule has 16 heteroatoms. The van der Waals surface area contributed by atoms with Crippen LogP contribution in [0.15, 0.2) is 52.9 Å². The van der Waals surface area contributed by atoms with Crippen LogP contribution in [-0.4, -0.2) is 106 Å². The van der Waals surface area contributed by atoms with Crippen LogP contribution in [0.4, 0.5) is 0 Å². The number of carbonyl (C=O) groups excluding carboxylic acids is 2. The van der Waals surface area contributed by atoms with Crippen molar-refractivity contribution in [3.63, 3.8) is 0 Å². The van der Waals surface area contributed by atoms with Crippen molar-refractivity contribution in [1.29, 1.82) is 0 Å². The fraction of sp³-hybridized carbons (Fsp3) is 0.514. The number of ether oxygens (including phenoxy) is 3. The molecule has 3 fully saturated rings. The second-order valence-corrected chi connectivity index (χ2v) is 15.6. The van der Waals surface area contributed by atoms with E-state index in [4.69, 9.17) is 38.0 Å². The predicted octanol–water partition coefficient (Wildman–Crippen LogP) is 8.87. The Hall–Kier alpha value is -3.08. The number of likely N-dealkylation sites (tertiary alicyclic amines) is 2. The Kier molecular flexibility index (Phi) is 21.0. The first-order chi connectivity index (χ1) is 25.4. The van der Waals surface area contributed by atoms with Crippen molar-refractivity contribution in [2.75, 3.05) is 65.2 Å². The molecule has 7 rings (SSSR count). The highest BCUT2D eigenvalue weighted by molar-refractivity contribution is 8.01. The van der Waals surface area contributed by atoms with Gasteiger partial charge in [-0.05, 0) is 135 Å². The number of nitrogens with zero attached hydrogens (tertiary/aromatic N) is 5. The molecule has 0 aliphatic carbocycles. The normalized spacial score (nSPS) is 14.9. The number of amides is 2. The number of H-pyrrole nitrogens is 1. The summed E-state index contributed by atoms with van der Waals surface area (Å²) in [5.74, 6) is 4.02. The monoisotopic (exact) mass is 822 g/mol. The summed E-state index contributed by atoms with van der Waals surface area (Å²) in [6.45, 7) is 5.61. The van der Waals surface area contributed by atoms with Crippen LogP contribution >= 0.6 is 58.6 Å². The molecule has 0 atom stereocenters. The molecule has 3 aliphatic heterocycles. The van der Waals surface area contributed by atoms with E-state index >= 15 is 0 Å². The maximum atomic E-state index is 12.2. The summed E-state index contributed by atoms with van der Waals surface area (Å²) in [5, 5.41) is 0. The van der Waals surface area contributed by atoms with E-state index in [-0.39, 0.29) is 25.1 Å². The lowest BCUT2D eigenvalue weighted by molar-refractivity contribution is -0.130. The Balaban J connectivity index is 0.000000214. The zero-order valence-electron chi connectivity index (χ0n) is 29.7. The molecule has 0 bridgehead atoms. The van der Waals surface area contributed by atoms with Gasteiger partial charge in [-0.1, -0.05) is 19.2 Å². The van der Waals surface area contributed by atoms with Gasteiger partial charge in [0.15, 0.2) is 14.1 Å². The molecular weight excluding hydrogens is 772 g/mol. The van der Waals surface area contributed by atoms with Crippen LogP contribution in [0.5, 0.6) is 11.5 Å². The highest BCUT2D eigenvalue weighted by atomic mass is 35.5. The van der Waals surface area contributed by atoms with Crippen molar-refractivity contribution in [3.05, 3.63) is 52.5 Å². The van der Waals surface area contributed by atoms with E-state index in [2.05, 4.69) is 18.7 Å². The Bertz CT molecular complexity index is 1660. The van der Waals surface area contributed by atoms with Crippen molar-refractivity contribution in [1.82, 2.24) is 28.5 Å². The number of hydrogen-bond donors (Lipinski definition) is 1. The van der Waals surface area contributed by atoms with Gasteiger partial charge in [0.1, 0.15) is 23.2 Å². The van der Waals surface area contributed by atoms with Gasteiger partial charge in [-0.15, -0.1) is 11.6 Å². The molecule has 2 aromatic carbocycles.